The van der Waals surface area contributed by atoms with E-state index in [1.54, 1.807) is 6.20 Å². The lowest BCUT2D eigenvalue weighted by Gasteiger charge is -2.33. The molecule has 1 saturated heterocycles. The van der Waals surface area contributed by atoms with Gasteiger partial charge in [0.15, 0.2) is 0 Å². The standard InChI is InChI=1S/C18H27N5/c1-14(2)13-23-8-5-17(6-9-23)20-11-16-12-21-22-18(16)15-4-3-7-19-10-15/h3-4,7,10,12,14,17,20H,5-6,8-9,11,13H2,1-2H3,(H,21,22). The molecule has 2 aromatic rings. The van der Waals surface area contributed by atoms with Crippen molar-refractivity contribution in [3.05, 3.63) is 36.3 Å². The van der Waals surface area contributed by atoms with Gasteiger partial charge in [-0.25, -0.2) is 0 Å². The Labute approximate surface area is 138 Å². The van der Waals surface area contributed by atoms with Crippen LogP contribution < -0.4 is 5.32 Å². The van der Waals surface area contributed by atoms with E-state index in [9.17, 15) is 0 Å². The number of likely N-dealkylation sites (tertiary alicyclic amines) is 1. The van der Waals surface area contributed by atoms with E-state index >= 15 is 0 Å². The summed E-state index contributed by atoms with van der Waals surface area (Å²) in [7, 11) is 0. The van der Waals surface area contributed by atoms with E-state index in [4.69, 9.17) is 0 Å². The van der Waals surface area contributed by atoms with Crippen molar-refractivity contribution in [2.24, 2.45) is 5.92 Å². The molecule has 124 valence electrons. The van der Waals surface area contributed by atoms with Crippen LogP contribution in [0.5, 0.6) is 0 Å². The van der Waals surface area contributed by atoms with Crippen LogP contribution in [-0.2, 0) is 6.54 Å². The lowest BCUT2D eigenvalue weighted by Crippen LogP contribution is -2.43. The lowest BCUT2D eigenvalue weighted by molar-refractivity contribution is 0.179. The summed E-state index contributed by atoms with van der Waals surface area (Å²) in [5.41, 5.74) is 3.37. The average molecular weight is 313 g/mol. The van der Waals surface area contributed by atoms with Crippen LogP contribution >= 0.6 is 0 Å². The molecule has 0 bridgehead atoms. The van der Waals surface area contributed by atoms with Crippen LogP contribution in [0.2, 0.25) is 0 Å². The van der Waals surface area contributed by atoms with E-state index in [-0.39, 0.29) is 0 Å². The lowest BCUT2D eigenvalue weighted by atomic mass is 10.0. The number of hydrogen-bond acceptors (Lipinski definition) is 4. The second-order valence-corrected chi connectivity index (χ2v) is 6.86. The molecule has 0 atom stereocenters. The molecule has 3 heterocycles. The van der Waals surface area contributed by atoms with Gasteiger partial charge in [-0.15, -0.1) is 0 Å². The van der Waals surface area contributed by atoms with Crippen LogP contribution in [0.3, 0.4) is 0 Å². The SMILES string of the molecule is CC(C)CN1CCC(NCc2cn[nH]c2-c2cccnc2)CC1. The Kier molecular flexibility index (Phi) is 5.41. The third-order valence-electron chi connectivity index (χ3n) is 4.46. The zero-order valence-corrected chi connectivity index (χ0v) is 14.1. The minimum atomic E-state index is 0.607. The topological polar surface area (TPSA) is 56.8 Å². The molecule has 5 heteroatoms. The van der Waals surface area contributed by atoms with Crippen molar-refractivity contribution in [2.75, 3.05) is 19.6 Å². The Morgan fingerprint density at radius 3 is 2.83 bits per heavy atom. The van der Waals surface area contributed by atoms with Gasteiger partial charge in [0, 0.05) is 42.7 Å². The summed E-state index contributed by atoms with van der Waals surface area (Å²) in [6, 6.07) is 4.63. The number of nitrogens with zero attached hydrogens (tertiary/aromatic N) is 3. The van der Waals surface area contributed by atoms with Crippen LogP contribution in [0.15, 0.2) is 30.7 Å². The first-order valence-electron chi connectivity index (χ1n) is 8.60. The van der Waals surface area contributed by atoms with Gasteiger partial charge >= 0.3 is 0 Å². The molecule has 2 aromatic heterocycles. The van der Waals surface area contributed by atoms with Gasteiger partial charge < -0.3 is 10.2 Å². The Balaban J connectivity index is 1.52. The molecule has 23 heavy (non-hydrogen) atoms. The van der Waals surface area contributed by atoms with Crippen molar-refractivity contribution in [1.82, 2.24) is 25.4 Å². The number of piperidine rings is 1. The molecule has 0 unspecified atom stereocenters. The normalized spacial score (nSPS) is 17.0. The maximum atomic E-state index is 4.21. The zero-order valence-electron chi connectivity index (χ0n) is 14.1. The zero-order chi connectivity index (χ0) is 16.1. The van der Waals surface area contributed by atoms with Crippen molar-refractivity contribution < 1.29 is 0 Å². The van der Waals surface area contributed by atoms with Crippen LogP contribution in [0.4, 0.5) is 0 Å². The quantitative estimate of drug-likeness (QED) is 0.861. The van der Waals surface area contributed by atoms with Crippen molar-refractivity contribution in [3.8, 4) is 11.3 Å². The fourth-order valence-corrected chi connectivity index (χ4v) is 3.30. The molecular weight excluding hydrogens is 286 g/mol. The third kappa shape index (κ3) is 4.39. The fraction of sp³-hybridized carbons (Fsp3) is 0.556. The second kappa shape index (κ2) is 7.70. The fourth-order valence-electron chi connectivity index (χ4n) is 3.30. The largest absolute Gasteiger partial charge is 0.310 e. The van der Waals surface area contributed by atoms with Gasteiger partial charge in [0.25, 0.3) is 0 Å². The van der Waals surface area contributed by atoms with Gasteiger partial charge in [-0.3, -0.25) is 10.1 Å². The number of rotatable bonds is 6. The van der Waals surface area contributed by atoms with Crippen LogP contribution in [0.1, 0.15) is 32.3 Å². The smallest absolute Gasteiger partial charge is 0.0710 e. The van der Waals surface area contributed by atoms with Gasteiger partial charge in [0.05, 0.1) is 11.9 Å². The van der Waals surface area contributed by atoms with Crippen LogP contribution in [0, 0.1) is 5.92 Å². The molecule has 0 aliphatic carbocycles. The molecule has 0 radical (unpaired) electrons. The number of H-pyrrole nitrogens is 1. The second-order valence-electron chi connectivity index (χ2n) is 6.86. The Morgan fingerprint density at radius 1 is 1.30 bits per heavy atom. The van der Waals surface area contributed by atoms with Crippen molar-refractivity contribution in [2.45, 2.75) is 39.3 Å². The van der Waals surface area contributed by atoms with E-state index in [1.165, 1.54) is 38.0 Å². The summed E-state index contributed by atoms with van der Waals surface area (Å²) >= 11 is 0. The molecule has 0 amide bonds. The monoisotopic (exact) mass is 313 g/mol. The first kappa shape index (κ1) is 16.1. The summed E-state index contributed by atoms with van der Waals surface area (Å²) in [5, 5.41) is 11.0. The molecule has 0 saturated carbocycles. The first-order valence-corrected chi connectivity index (χ1v) is 8.60. The molecule has 0 spiro atoms. The molecule has 5 nitrogen and oxygen atoms in total. The molecule has 1 fully saturated rings. The van der Waals surface area contributed by atoms with Crippen molar-refractivity contribution in [1.29, 1.82) is 0 Å². The third-order valence-corrected chi connectivity index (χ3v) is 4.46. The highest BCUT2D eigenvalue weighted by Crippen LogP contribution is 2.20. The highest BCUT2D eigenvalue weighted by atomic mass is 15.1. The first-order chi connectivity index (χ1) is 11.2. The molecule has 1 aliphatic rings. The number of hydrogen-bond donors (Lipinski definition) is 2. The predicted octanol–water partition coefficient (Wildman–Crippen LogP) is 2.68. The maximum Gasteiger partial charge on any atom is 0.0710 e. The number of aromatic nitrogens is 3. The van der Waals surface area contributed by atoms with Gasteiger partial charge in [-0.05, 0) is 44.0 Å². The summed E-state index contributed by atoms with van der Waals surface area (Å²) in [6.07, 6.45) is 8.05. The van der Waals surface area contributed by atoms with Crippen LogP contribution in [0.25, 0.3) is 11.3 Å². The van der Waals surface area contributed by atoms with E-state index in [0.717, 1.165) is 23.7 Å². The maximum absolute atomic E-state index is 4.21. The van der Waals surface area contributed by atoms with Gasteiger partial charge in [-0.2, -0.15) is 5.10 Å². The minimum absolute atomic E-state index is 0.607. The summed E-state index contributed by atoms with van der Waals surface area (Å²) < 4.78 is 0. The Hall–Kier alpha value is -1.72. The number of pyridine rings is 1. The van der Waals surface area contributed by atoms with E-state index in [2.05, 4.69) is 45.3 Å². The Bertz CT molecular complexity index is 584. The molecule has 2 N–H and O–H groups in total. The highest BCUT2D eigenvalue weighted by molar-refractivity contribution is 5.61. The van der Waals surface area contributed by atoms with E-state index in [0.29, 0.717) is 6.04 Å². The number of nitrogens with one attached hydrogen (secondary N) is 2. The van der Waals surface area contributed by atoms with Gasteiger partial charge in [0.1, 0.15) is 0 Å². The van der Waals surface area contributed by atoms with E-state index in [1.807, 2.05) is 18.5 Å². The summed E-state index contributed by atoms with van der Waals surface area (Å²) in [5.74, 6) is 0.757. The molecule has 1 aliphatic heterocycles. The predicted molar refractivity (Wildman–Crippen MR) is 93.0 cm³/mol. The van der Waals surface area contributed by atoms with Gasteiger partial charge in [-0.1, -0.05) is 13.8 Å². The van der Waals surface area contributed by atoms with E-state index < -0.39 is 0 Å². The minimum Gasteiger partial charge on any atom is -0.310 e. The van der Waals surface area contributed by atoms with Gasteiger partial charge in [0.2, 0.25) is 0 Å². The summed E-state index contributed by atoms with van der Waals surface area (Å²) in [4.78, 5) is 6.77. The van der Waals surface area contributed by atoms with Crippen LogP contribution in [-0.4, -0.2) is 45.8 Å². The molecule has 0 aromatic carbocycles. The van der Waals surface area contributed by atoms with Crippen molar-refractivity contribution in [3.63, 3.8) is 0 Å². The summed E-state index contributed by atoms with van der Waals surface area (Å²) in [6.45, 7) is 9.08. The average Bonchev–Trinajstić information content (AvgIpc) is 3.03. The molecule has 3 rings (SSSR count). The highest BCUT2D eigenvalue weighted by Gasteiger charge is 2.19. The van der Waals surface area contributed by atoms with Crippen molar-refractivity contribution >= 4 is 0 Å². The number of aromatic amines is 1. The Morgan fingerprint density at radius 2 is 2.13 bits per heavy atom. The molecular formula is C18H27N5.